The lowest BCUT2D eigenvalue weighted by Gasteiger charge is -2.37. The third-order valence-corrected chi connectivity index (χ3v) is 7.68. The minimum Gasteiger partial charge on any atom is -0.466 e. The lowest BCUT2D eigenvalue weighted by atomic mass is 9.80. The number of benzene rings is 1. The Bertz CT molecular complexity index is 1510. The Kier molecular flexibility index (Phi) is 7.69. The average Bonchev–Trinajstić information content (AvgIpc) is 3.23. The van der Waals surface area contributed by atoms with Crippen LogP contribution in [0.4, 0.5) is 14.7 Å². The second-order valence-electron chi connectivity index (χ2n) is 10.4. The molecule has 1 aliphatic rings. The number of carbonyl (C=O) groups is 1. The molecule has 10 heteroatoms. The van der Waals surface area contributed by atoms with Gasteiger partial charge in [0.15, 0.2) is 0 Å². The smallest absolute Gasteiger partial charge is 0.387 e. The highest BCUT2D eigenvalue weighted by Gasteiger charge is 2.38. The maximum Gasteiger partial charge on any atom is 0.387 e. The number of halogens is 2. The molecule has 4 aromatic rings. The van der Waals surface area contributed by atoms with Gasteiger partial charge in [-0.25, -0.2) is 15.0 Å². The summed E-state index contributed by atoms with van der Waals surface area (Å²) < 4.78 is 37.9. The van der Waals surface area contributed by atoms with Crippen LogP contribution in [-0.2, 0) is 16.0 Å². The predicted octanol–water partition coefficient (Wildman–Crippen LogP) is 5.77. The number of alkyl halides is 2. The van der Waals surface area contributed by atoms with Crippen molar-refractivity contribution in [2.24, 2.45) is 5.41 Å². The highest BCUT2D eigenvalue weighted by atomic mass is 19.3. The fourth-order valence-electron chi connectivity index (χ4n) is 5.24. The summed E-state index contributed by atoms with van der Waals surface area (Å²) in [5.41, 5.74) is 5.47. The molecule has 0 atom stereocenters. The first-order valence-electron chi connectivity index (χ1n) is 13.4. The lowest BCUT2D eigenvalue weighted by Crippen LogP contribution is -2.44. The van der Waals surface area contributed by atoms with Crippen molar-refractivity contribution in [1.82, 2.24) is 19.4 Å². The number of hydrogen-bond acceptors (Lipinski definition) is 7. The van der Waals surface area contributed by atoms with E-state index in [0.29, 0.717) is 50.5 Å². The van der Waals surface area contributed by atoms with Crippen LogP contribution in [0.15, 0.2) is 48.9 Å². The number of carbonyl (C=O) groups excluding carboxylic acids is 1. The summed E-state index contributed by atoms with van der Waals surface area (Å²) >= 11 is 0. The first-order valence-corrected chi connectivity index (χ1v) is 13.4. The Morgan fingerprint density at radius 1 is 1.12 bits per heavy atom. The van der Waals surface area contributed by atoms with Crippen LogP contribution < -0.4 is 9.64 Å². The number of nitrogens with zero attached hydrogens (tertiary/aromatic N) is 5. The van der Waals surface area contributed by atoms with Crippen molar-refractivity contribution in [2.45, 2.75) is 53.6 Å². The van der Waals surface area contributed by atoms with E-state index in [2.05, 4.69) is 14.9 Å². The molecule has 0 spiro atoms. The summed E-state index contributed by atoms with van der Waals surface area (Å²) in [6, 6.07) is 8.82. The van der Waals surface area contributed by atoms with E-state index in [-0.39, 0.29) is 11.7 Å². The van der Waals surface area contributed by atoms with Gasteiger partial charge in [0, 0.05) is 60.5 Å². The van der Waals surface area contributed by atoms with Crippen LogP contribution in [0.5, 0.6) is 5.75 Å². The van der Waals surface area contributed by atoms with Crippen LogP contribution >= 0.6 is 0 Å². The molecule has 1 saturated heterocycles. The third-order valence-electron chi connectivity index (χ3n) is 7.68. The predicted molar refractivity (Wildman–Crippen MR) is 148 cm³/mol. The molecule has 0 bridgehead atoms. The summed E-state index contributed by atoms with van der Waals surface area (Å²) in [6.07, 6.45) is 7.37. The molecule has 0 amide bonds. The highest BCUT2D eigenvalue weighted by Crippen LogP contribution is 2.34. The van der Waals surface area contributed by atoms with Gasteiger partial charge in [-0.2, -0.15) is 8.78 Å². The Morgan fingerprint density at radius 3 is 2.50 bits per heavy atom. The fraction of sp³-hybridized carbons (Fsp3) is 0.400. The van der Waals surface area contributed by atoms with Crippen molar-refractivity contribution >= 4 is 17.6 Å². The van der Waals surface area contributed by atoms with Gasteiger partial charge in [0.1, 0.15) is 11.4 Å². The van der Waals surface area contributed by atoms with Crippen molar-refractivity contribution < 1.29 is 23.0 Å². The number of fused-ring (bicyclic) bond motifs is 1. The lowest BCUT2D eigenvalue weighted by molar-refractivity contribution is -0.155. The minimum atomic E-state index is -2.89. The monoisotopic (exact) mass is 549 g/mol. The van der Waals surface area contributed by atoms with E-state index < -0.39 is 12.0 Å². The van der Waals surface area contributed by atoms with E-state index >= 15 is 0 Å². The number of ether oxygens (including phenoxy) is 2. The molecular weight excluding hydrogens is 516 g/mol. The largest absolute Gasteiger partial charge is 0.466 e. The molecule has 0 aliphatic carbocycles. The molecule has 4 heterocycles. The maximum absolute atomic E-state index is 13.0. The van der Waals surface area contributed by atoms with Gasteiger partial charge in [-0.05, 0) is 58.2 Å². The quantitative estimate of drug-likeness (QED) is 0.258. The first kappa shape index (κ1) is 27.5. The number of rotatable bonds is 8. The molecule has 8 nitrogen and oxygen atoms in total. The summed E-state index contributed by atoms with van der Waals surface area (Å²) in [5.74, 6) is 0.641. The van der Waals surface area contributed by atoms with Crippen molar-refractivity contribution in [2.75, 3.05) is 24.6 Å². The van der Waals surface area contributed by atoms with Gasteiger partial charge in [-0.15, -0.1) is 0 Å². The van der Waals surface area contributed by atoms with E-state index in [4.69, 9.17) is 14.5 Å². The van der Waals surface area contributed by atoms with Crippen molar-refractivity contribution in [3.63, 3.8) is 0 Å². The van der Waals surface area contributed by atoms with Crippen LogP contribution in [0.2, 0.25) is 0 Å². The van der Waals surface area contributed by atoms with Gasteiger partial charge in [0.05, 0.1) is 17.7 Å². The molecule has 40 heavy (non-hydrogen) atoms. The summed E-state index contributed by atoms with van der Waals surface area (Å²) in [4.78, 5) is 28.5. The molecule has 0 saturated carbocycles. The zero-order valence-corrected chi connectivity index (χ0v) is 23.2. The molecule has 3 aromatic heterocycles. The molecule has 5 rings (SSSR count). The van der Waals surface area contributed by atoms with Crippen LogP contribution in [0.1, 0.15) is 49.2 Å². The second-order valence-corrected chi connectivity index (χ2v) is 10.4. The number of aryl methyl sites for hydroxylation is 2. The van der Waals surface area contributed by atoms with Crippen molar-refractivity contribution in [3.05, 3.63) is 71.4 Å². The van der Waals surface area contributed by atoms with E-state index in [9.17, 15) is 13.6 Å². The van der Waals surface area contributed by atoms with Crippen molar-refractivity contribution in [3.8, 4) is 16.9 Å². The molecule has 0 radical (unpaired) electrons. The zero-order valence-electron chi connectivity index (χ0n) is 23.2. The van der Waals surface area contributed by atoms with Crippen LogP contribution in [0.25, 0.3) is 16.8 Å². The van der Waals surface area contributed by atoms with Crippen LogP contribution in [-0.4, -0.2) is 51.6 Å². The van der Waals surface area contributed by atoms with Crippen LogP contribution in [0.3, 0.4) is 0 Å². The Labute approximate surface area is 232 Å². The van der Waals surface area contributed by atoms with Crippen molar-refractivity contribution in [1.29, 1.82) is 0 Å². The van der Waals surface area contributed by atoms with E-state index in [0.717, 1.165) is 33.7 Å². The minimum absolute atomic E-state index is 0.143. The van der Waals surface area contributed by atoms with Gasteiger partial charge in [0.25, 0.3) is 0 Å². The van der Waals surface area contributed by atoms with E-state index in [1.807, 2.05) is 56.8 Å². The molecular formula is C30H33F2N5O3. The van der Waals surface area contributed by atoms with E-state index in [1.54, 1.807) is 24.3 Å². The maximum atomic E-state index is 13.0. The normalized spacial score (nSPS) is 15.0. The number of piperidine rings is 1. The number of aromatic nitrogens is 4. The summed E-state index contributed by atoms with van der Waals surface area (Å²) in [5, 5.41) is 0. The average molecular weight is 550 g/mol. The van der Waals surface area contributed by atoms with Gasteiger partial charge in [-0.1, -0.05) is 18.2 Å². The summed E-state index contributed by atoms with van der Waals surface area (Å²) in [6.45, 7) is 6.55. The molecule has 1 aromatic carbocycles. The SMILES string of the molecule is CCOC(=O)C1(C)CCN(c2ncc(-c3cn4c(Cc5ccccc5OC(F)F)c(C)nc4cc3C)cn2)CC1. The fourth-order valence-corrected chi connectivity index (χ4v) is 5.24. The molecule has 0 N–H and O–H groups in total. The number of pyridine rings is 1. The zero-order chi connectivity index (χ0) is 28.4. The molecule has 0 unspecified atom stereocenters. The van der Waals surface area contributed by atoms with Gasteiger partial charge in [-0.3, -0.25) is 4.79 Å². The third kappa shape index (κ3) is 5.48. The first-order chi connectivity index (χ1) is 19.2. The van der Waals surface area contributed by atoms with Gasteiger partial charge >= 0.3 is 12.6 Å². The number of para-hydroxylation sites is 1. The topological polar surface area (TPSA) is 81.9 Å². The van der Waals surface area contributed by atoms with Crippen LogP contribution in [0, 0.1) is 19.3 Å². The molecule has 1 fully saturated rings. The molecule has 1 aliphatic heterocycles. The van der Waals surface area contributed by atoms with Gasteiger partial charge in [0.2, 0.25) is 5.95 Å². The standard InChI is InChI=1S/C30H33F2N5O3/c1-5-39-27(38)30(4)10-12-36(13-11-30)29-33-16-22(17-34-29)23-18-37-24(20(3)35-26(37)14-19(23)2)15-21-8-6-7-9-25(21)40-28(31)32/h6-9,14,16-18,28H,5,10-13,15H2,1-4H3. The number of esters is 1. The van der Waals surface area contributed by atoms with E-state index in [1.165, 1.54) is 0 Å². The molecule has 210 valence electrons. The Morgan fingerprint density at radius 2 is 1.82 bits per heavy atom. The number of anilines is 1. The summed E-state index contributed by atoms with van der Waals surface area (Å²) in [7, 11) is 0. The van der Waals surface area contributed by atoms with Gasteiger partial charge < -0.3 is 18.8 Å². The highest BCUT2D eigenvalue weighted by molar-refractivity contribution is 5.77. The second kappa shape index (κ2) is 11.2. The number of hydrogen-bond donors (Lipinski definition) is 0. The number of imidazole rings is 1. The Hall–Kier alpha value is -4.08. The Balaban J connectivity index is 1.39.